The van der Waals surface area contributed by atoms with E-state index in [9.17, 15) is 9.59 Å². The zero-order valence-electron chi connectivity index (χ0n) is 20.2. The smallest absolute Gasteiger partial charge is 0.333 e. The van der Waals surface area contributed by atoms with E-state index >= 15 is 0 Å². The first kappa shape index (κ1) is 23.1. The maximum Gasteiger partial charge on any atom is 0.333 e. The van der Waals surface area contributed by atoms with Crippen molar-refractivity contribution in [1.82, 2.24) is 29.1 Å². The molecule has 4 heterocycles. The Hall–Kier alpha value is -4.64. The van der Waals surface area contributed by atoms with Crippen LogP contribution in [0, 0.1) is 6.92 Å². The number of hydrogen-bond acceptors (Lipinski definition) is 8. The van der Waals surface area contributed by atoms with Gasteiger partial charge in [-0.3, -0.25) is 18.9 Å². The van der Waals surface area contributed by atoms with Crippen LogP contribution in [0.5, 0.6) is 0 Å². The number of carbonyl (C=O) groups is 1. The molecular formula is C25H24N8O3. The lowest BCUT2D eigenvalue weighted by atomic mass is 10.1. The predicted molar refractivity (Wildman–Crippen MR) is 137 cm³/mol. The first-order valence-corrected chi connectivity index (χ1v) is 11.2. The predicted octanol–water partition coefficient (Wildman–Crippen LogP) is 2.66. The maximum absolute atomic E-state index is 13.4. The second-order valence-electron chi connectivity index (χ2n) is 8.23. The molecule has 11 nitrogen and oxygen atoms in total. The van der Waals surface area contributed by atoms with Crippen LogP contribution in [-0.2, 0) is 16.6 Å². The fraction of sp³-hybridized carbons (Fsp3) is 0.200. The summed E-state index contributed by atoms with van der Waals surface area (Å²) in [7, 11) is 4.92. The number of amides is 1. The average molecular weight is 485 g/mol. The first-order chi connectivity index (χ1) is 17.4. The molecule has 0 radical (unpaired) electrons. The molecule has 0 saturated heterocycles. The van der Waals surface area contributed by atoms with Crippen LogP contribution in [0.1, 0.15) is 5.69 Å². The highest BCUT2D eigenvalue weighted by Gasteiger charge is 2.19. The third-order valence-corrected chi connectivity index (χ3v) is 5.93. The number of methoxy groups -OCH3 is 1. The molecule has 182 valence electrons. The molecule has 1 amide bonds. The number of nitrogens with one attached hydrogen (secondary N) is 2. The van der Waals surface area contributed by atoms with Crippen LogP contribution in [0.4, 0.5) is 11.8 Å². The molecule has 0 atom stereocenters. The zero-order valence-corrected chi connectivity index (χ0v) is 20.2. The minimum atomic E-state index is -0.309. The summed E-state index contributed by atoms with van der Waals surface area (Å²) in [6.07, 6.45) is 5.19. The topological polar surface area (TPSA) is 129 Å². The first-order valence-electron chi connectivity index (χ1n) is 11.2. The van der Waals surface area contributed by atoms with E-state index in [4.69, 9.17) is 4.74 Å². The van der Waals surface area contributed by atoms with Gasteiger partial charge in [-0.1, -0.05) is 6.07 Å². The van der Waals surface area contributed by atoms with Crippen molar-refractivity contribution in [3.63, 3.8) is 0 Å². The van der Waals surface area contributed by atoms with Crippen molar-refractivity contribution in [3.8, 4) is 16.8 Å². The highest BCUT2D eigenvalue weighted by Crippen LogP contribution is 2.30. The Morgan fingerprint density at radius 2 is 1.83 bits per heavy atom. The Morgan fingerprint density at radius 1 is 1.06 bits per heavy atom. The number of rotatable bonds is 6. The molecule has 0 fully saturated rings. The Balaban J connectivity index is 1.70. The van der Waals surface area contributed by atoms with Gasteiger partial charge in [-0.05, 0) is 36.8 Å². The van der Waals surface area contributed by atoms with Crippen molar-refractivity contribution in [2.75, 3.05) is 31.4 Å². The number of carbonyl (C=O) groups excluding carboxylic acids is 1. The number of benzene rings is 1. The number of aromatic nitrogens is 6. The standard InChI is InChI=1S/C25H24N8O3/c1-14-19(7-8-21(30-14)31-22(34)13-36-4)33-23-17-9-15(16-10-28-24(26-2)29-11-16)5-6-18(17)27-12-20(23)32(3)25(33)35/h5-12H,13H2,1-4H3,(H,26,28,29)(H,30,31,34). The molecule has 0 aliphatic heterocycles. The van der Waals surface area contributed by atoms with Crippen LogP contribution in [0.2, 0.25) is 0 Å². The van der Waals surface area contributed by atoms with Gasteiger partial charge in [-0.2, -0.15) is 0 Å². The number of anilines is 2. The minimum Gasteiger partial charge on any atom is -0.375 e. The SMILES string of the molecule is CNc1ncc(-c2ccc3ncc4c(c3c2)n(-c2ccc(NC(=O)COC)nc2C)c(=O)n4C)cn1. The van der Waals surface area contributed by atoms with Gasteiger partial charge in [-0.15, -0.1) is 0 Å². The summed E-state index contributed by atoms with van der Waals surface area (Å²) in [5, 5.41) is 6.40. The monoisotopic (exact) mass is 484 g/mol. The van der Waals surface area contributed by atoms with Crippen LogP contribution in [0.15, 0.2) is 53.7 Å². The Labute approximate surface area is 205 Å². The molecule has 11 heteroatoms. The van der Waals surface area contributed by atoms with Gasteiger partial charge in [0.05, 0.1) is 34.1 Å². The van der Waals surface area contributed by atoms with Gasteiger partial charge in [0.2, 0.25) is 5.95 Å². The van der Waals surface area contributed by atoms with Gasteiger partial charge in [-0.25, -0.2) is 19.7 Å². The van der Waals surface area contributed by atoms with Crippen molar-refractivity contribution in [3.05, 3.63) is 65.1 Å². The average Bonchev–Trinajstić information content (AvgIpc) is 3.14. The third kappa shape index (κ3) is 3.95. The van der Waals surface area contributed by atoms with E-state index in [0.717, 1.165) is 22.0 Å². The molecule has 5 aromatic rings. The van der Waals surface area contributed by atoms with Crippen LogP contribution in [-0.4, -0.2) is 55.7 Å². The Bertz CT molecular complexity index is 1670. The molecule has 0 unspecified atom stereocenters. The molecular weight excluding hydrogens is 460 g/mol. The number of imidazole rings is 1. The van der Waals surface area contributed by atoms with E-state index in [1.165, 1.54) is 7.11 Å². The van der Waals surface area contributed by atoms with Gasteiger partial charge in [0.1, 0.15) is 12.4 Å². The second kappa shape index (κ2) is 9.19. The van der Waals surface area contributed by atoms with Gasteiger partial charge in [0.25, 0.3) is 5.91 Å². The second-order valence-corrected chi connectivity index (χ2v) is 8.23. The van der Waals surface area contributed by atoms with E-state index in [1.54, 1.807) is 60.9 Å². The third-order valence-electron chi connectivity index (χ3n) is 5.93. The molecule has 5 rings (SSSR count). The molecule has 0 aliphatic rings. The Morgan fingerprint density at radius 3 is 2.53 bits per heavy atom. The van der Waals surface area contributed by atoms with Crippen LogP contribution >= 0.6 is 0 Å². The van der Waals surface area contributed by atoms with Crippen LogP contribution in [0.3, 0.4) is 0 Å². The lowest BCUT2D eigenvalue weighted by Crippen LogP contribution is -2.22. The summed E-state index contributed by atoms with van der Waals surface area (Å²) in [6, 6.07) is 9.29. The fourth-order valence-corrected chi connectivity index (χ4v) is 4.18. The molecule has 4 aromatic heterocycles. The van der Waals surface area contributed by atoms with E-state index in [-0.39, 0.29) is 18.2 Å². The maximum atomic E-state index is 13.4. The van der Waals surface area contributed by atoms with Crippen molar-refractivity contribution < 1.29 is 9.53 Å². The number of aryl methyl sites for hydroxylation is 2. The normalized spacial score (nSPS) is 11.2. The van der Waals surface area contributed by atoms with Crippen LogP contribution < -0.4 is 16.3 Å². The van der Waals surface area contributed by atoms with Crippen LogP contribution in [0.25, 0.3) is 38.8 Å². The number of hydrogen-bond donors (Lipinski definition) is 2. The number of pyridine rings is 2. The van der Waals surface area contributed by atoms with E-state index in [2.05, 4.69) is 30.6 Å². The summed E-state index contributed by atoms with van der Waals surface area (Å²) >= 11 is 0. The van der Waals surface area contributed by atoms with Gasteiger partial charge < -0.3 is 15.4 Å². The van der Waals surface area contributed by atoms with Crippen molar-refractivity contribution in [2.24, 2.45) is 7.05 Å². The molecule has 0 aliphatic carbocycles. The van der Waals surface area contributed by atoms with E-state index in [0.29, 0.717) is 34.2 Å². The van der Waals surface area contributed by atoms with E-state index < -0.39 is 0 Å². The highest BCUT2D eigenvalue weighted by atomic mass is 16.5. The van der Waals surface area contributed by atoms with Crippen molar-refractivity contribution >= 4 is 39.6 Å². The largest absolute Gasteiger partial charge is 0.375 e. The summed E-state index contributed by atoms with van der Waals surface area (Å²) in [5.74, 6) is 0.603. The Kier molecular flexibility index (Phi) is 5.90. The highest BCUT2D eigenvalue weighted by molar-refractivity contribution is 6.04. The summed E-state index contributed by atoms with van der Waals surface area (Å²) in [4.78, 5) is 43.0. The molecule has 2 N–H and O–H groups in total. The summed E-state index contributed by atoms with van der Waals surface area (Å²) < 4.78 is 8.05. The van der Waals surface area contributed by atoms with E-state index in [1.807, 2.05) is 18.2 Å². The van der Waals surface area contributed by atoms with Crippen molar-refractivity contribution in [2.45, 2.75) is 6.92 Å². The lowest BCUT2D eigenvalue weighted by molar-refractivity contribution is -0.119. The quantitative estimate of drug-likeness (QED) is 0.376. The molecule has 1 aromatic carbocycles. The fourth-order valence-electron chi connectivity index (χ4n) is 4.18. The summed E-state index contributed by atoms with van der Waals surface area (Å²) in [5.41, 5.74) is 4.83. The molecule has 0 saturated carbocycles. The lowest BCUT2D eigenvalue weighted by Gasteiger charge is -2.11. The zero-order chi connectivity index (χ0) is 25.4. The van der Waals surface area contributed by atoms with Crippen molar-refractivity contribution in [1.29, 1.82) is 0 Å². The van der Waals surface area contributed by atoms with Gasteiger partial charge in [0.15, 0.2) is 0 Å². The molecule has 0 bridgehead atoms. The molecule has 36 heavy (non-hydrogen) atoms. The van der Waals surface area contributed by atoms with Gasteiger partial charge in [0, 0.05) is 44.5 Å². The minimum absolute atomic E-state index is 0.0741. The molecule has 0 spiro atoms. The number of nitrogens with zero attached hydrogens (tertiary/aromatic N) is 6. The van der Waals surface area contributed by atoms with Gasteiger partial charge >= 0.3 is 5.69 Å². The number of fused-ring (bicyclic) bond motifs is 3. The number of ether oxygens (including phenoxy) is 1. The summed E-state index contributed by atoms with van der Waals surface area (Å²) in [6.45, 7) is 1.72.